The summed E-state index contributed by atoms with van der Waals surface area (Å²) >= 11 is 0. The molecule has 9 heteroatoms. The van der Waals surface area contributed by atoms with Gasteiger partial charge >= 0.3 is 6.09 Å². The summed E-state index contributed by atoms with van der Waals surface area (Å²) in [5.41, 5.74) is 0.727. The van der Waals surface area contributed by atoms with Crippen molar-refractivity contribution in [3.05, 3.63) is 65.3 Å². The topological polar surface area (TPSA) is 99.4 Å². The predicted molar refractivity (Wildman–Crippen MR) is 113 cm³/mol. The molecule has 1 aliphatic heterocycles. The zero-order chi connectivity index (χ0) is 21.6. The second kappa shape index (κ2) is 9.38. The van der Waals surface area contributed by atoms with Gasteiger partial charge in [-0.05, 0) is 31.0 Å². The summed E-state index contributed by atoms with van der Waals surface area (Å²) in [6.45, 7) is 0.962. The van der Waals surface area contributed by atoms with Crippen molar-refractivity contribution in [3.8, 4) is 23.1 Å². The molecular formula is C22H23N5O4. The molecule has 0 spiro atoms. The van der Waals surface area contributed by atoms with E-state index in [1.165, 1.54) is 17.0 Å². The fourth-order valence-corrected chi connectivity index (χ4v) is 3.53. The monoisotopic (exact) mass is 421 g/mol. The quantitative estimate of drug-likeness (QED) is 0.603. The second-order valence-electron chi connectivity index (χ2n) is 7.22. The number of hydrogen-bond donors (Lipinski definition) is 0. The van der Waals surface area contributed by atoms with Crippen molar-refractivity contribution < 1.29 is 14.3 Å². The van der Waals surface area contributed by atoms with Crippen LogP contribution >= 0.6 is 0 Å². The molecule has 1 amide bonds. The number of amides is 1. The Morgan fingerprint density at radius 2 is 2.03 bits per heavy atom. The molecule has 160 valence electrons. The van der Waals surface area contributed by atoms with Crippen molar-refractivity contribution >= 4 is 6.09 Å². The average molecular weight is 421 g/mol. The fraction of sp³-hybridized carbons (Fsp3) is 0.318. The Labute approximate surface area is 179 Å². The Kier molecular flexibility index (Phi) is 6.21. The van der Waals surface area contributed by atoms with Gasteiger partial charge in [-0.25, -0.2) is 14.8 Å². The first kappa shape index (κ1) is 20.5. The van der Waals surface area contributed by atoms with Crippen LogP contribution in [0.5, 0.6) is 11.8 Å². The number of aromatic nitrogens is 4. The molecule has 0 saturated carbocycles. The first-order valence-corrected chi connectivity index (χ1v) is 10.1. The highest BCUT2D eigenvalue weighted by molar-refractivity contribution is 5.71. The Bertz CT molecular complexity index is 1090. The fourth-order valence-electron chi connectivity index (χ4n) is 3.53. The third kappa shape index (κ3) is 4.88. The molecule has 1 atom stereocenters. The number of para-hydroxylation sites is 1. The van der Waals surface area contributed by atoms with Gasteiger partial charge in [0.05, 0.1) is 18.0 Å². The van der Waals surface area contributed by atoms with E-state index < -0.39 is 0 Å². The van der Waals surface area contributed by atoms with Crippen LogP contribution in [0.3, 0.4) is 0 Å². The van der Waals surface area contributed by atoms with Crippen LogP contribution in [-0.2, 0) is 7.05 Å². The van der Waals surface area contributed by atoms with Crippen LogP contribution in [0.1, 0.15) is 19.3 Å². The largest absolute Gasteiger partial charge is 0.465 e. The SMILES string of the molecule is Cn1c(OCCC2CCCN2C(=O)Oc2ccccc2)nc(-c2ccncn2)cc1=O. The maximum Gasteiger partial charge on any atom is 0.415 e. The Balaban J connectivity index is 1.39. The van der Waals surface area contributed by atoms with Gasteiger partial charge in [-0.15, -0.1) is 0 Å². The first-order valence-electron chi connectivity index (χ1n) is 10.1. The minimum Gasteiger partial charge on any atom is -0.465 e. The lowest BCUT2D eigenvalue weighted by Crippen LogP contribution is -2.38. The molecule has 1 fully saturated rings. The third-order valence-corrected chi connectivity index (χ3v) is 5.18. The third-order valence-electron chi connectivity index (χ3n) is 5.18. The van der Waals surface area contributed by atoms with Crippen molar-refractivity contribution in [3.63, 3.8) is 0 Å². The van der Waals surface area contributed by atoms with Crippen LogP contribution in [0.25, 0.3) is 11.4 Å². The van der Waals surface area contributed by atoms with E-state index in [0.717, 1.165) is 12.8 Å². The highest BCUT2D eigenvalue weighted by Crippen LogP contribution is 2.23. The van der Waals surface area contributed by atoms with Crippen LogP contribution in [0, 0.1) is 0 Å². The van der Waals surface area contributed by atoms with Crippen LogP contribution in [0.15, 0.2) is 59.8 Å². The van der Waals surface area contributed by atoms with Gasteiger partial charge in [0.1, 0.15) is 12.1 Å². The molecule has 3 heterocycles. The molecule has 3 aromatic rings. The maximum atomic E-state index is 12.6. The van der Waals surface area contributed by atoms with Crippen molar-refractivity contribution in [1.29, 1.82) is 0 Å². The molecule has 2 aromatic heterocycles. The molecular weight excluding hydrogens is 398 g/mol. The van der Waals surface area contributed by atoms with Gasteiger partial charge in [0.2, 0.25) is 0 Å². The summed E-state index contributed by atoms with van der Waals surface area (Å²) in [5.74, 6) is 0.523. The number of carbonyl (C=O) groups excluding carboxylic acids is 1. The van der Waals surface area contributed by atoms with Crippen LogP contribution in [0.2, 0.25) is 0 Å². The molecule has 1 aromatic carbocycles. The van der Waals surface area contributed by atoms with E-state index in [-0.39, 0.29) is 23.7 Å². The van der Waals surface area contributed by atoms with E-state index in [4.69, 9.17) is 9.47 Å². The van der Waals surface area contributed by atoms with Gasteiger partial charge in [-0.3, -0.25) is 9.36 Å². The zero-order valence-electron chi connectivity index (χ0n) is 17.2. The number of ether oxygens (including phenoxy) is 2. The molecule has 0 bridgehead atoms. The number of nitrogens with zero attached hydrogens (tertiary/aromatic N) is 5. The normalized spacial score (nSPS) is 15.6. The first-order chi connectivity index (χ1) is 15.1. The Morgan fingerprint density at radius 1 is 1.19 bits per heavy atom. The number of likely N-dealkylation sites (tertiary alicyclic amines) is 1. The molecule has 1 aliphatic rings. The van der Waals surface area contributed by atoms with E-state index in [1.807, 2.05) is 18.2 Å². The van der Waals surface area contributed by atoms with Gasteiger partial charge < -0.3 is 14.4 Å². The summed E-state index contributed by atoms with van der Waals surface area (Å²) in [7, 11) is 1.60. The predicted octanol–water partition coefficient (Wildman–Crippen LogP) is 2.67. The number of carbonyl (C=O) groups is 1. The molecule has 0 N–H and O–H groups in total. The standard InChI is InChI=1S/C22H23N5O4/c1-26-20(28)14-19(18-9-11-23-15-24-18)25-21(26)30-13-10-16-6-5-12-27(16)22(29)31-17-7-3-2-4-8-17/h2-4,7-9,11,14-16H,5-6,10,12-13H2,1H3. The van der Waals surface area contributed by atoms with Gasteiger partial charge in [-0.2, -0.15) is 4.98 Å². The van der Waals surface area contributed by atoms with Gasteiger partial charge in [0, 0.05) is 38.3 Å². The minimum atomic E-state index is -0.356. The molecule has 0 radical (unpaired) electrons. The number of hydrogen-bond acceptors (Lipinski definition) is 7. The van der Waals surface area contributed by atoms with E-state index in [9.17, 15) is 9.59 Å². The van der Waals surface area contributed by atoms with Gasteiger partial charge in [-0.1, -0.05) is 18.2 Å². The average Bonchev–Trinajstić information content (AvgIpc) is 3.26. The van der Waals surface area contributed by atoms with E-state index >= 15 is 0 Å². The Hall–Kier alpha value is -3.75. The smallest absolute Gasteiger partial charge is 0.415 e. The summed E-state index contributed by atoms with van der Waals surface area (Å²) in [4.78, 5) is 39.0. The molecule has 1 saturated heterocycles. The molecule has 9 nitrogen and oxygen atoms in total. The summed E-state index contributed by atoms with van der Waals surface area (Å²) in [6.07, 6.45) is 5.03. The highest BCUT2D eigenvalue weighted by atomic mass is 16.6. The maximum absolute atomic E-state index is 12.6. The van der Waals surface area contributed by atoms with Crippen LogP contribution in [0.4, 0.5) is 4.79 Å². The molecule has 0 aliphatic carbocycles. The minimum absolute atomic E-state index is 0.0123. The molecule has 31 heavy (non-hydrogen) atoms. The van der Waals surface area contributed by atoms with E-state index in [1.54, 1.807) is 36.3 Å². The van der Waals surface area contributed by atoms with E-state index in [2.05, 4.69) is 15.0 Å². The lowest BCUT2D eigenvalue weighted by atomic mass is 10.1. The van der Waals surface area contributed by atoms with Crippen molar-refractivity contribution in [2.24, 2.45) is 7.05 Å². The molecule has 1 unspecified atom stereocenters. The van der Waals surface area contributed by atoms with Gasteiger partial charge in [0.15, 0.2) is 0 Å². The van der Waals surface area contributed by atoms with Crippen molar-refractivity contribution in [1.82, 2.24) is 24.4 Å². The summed E-state index contributed by atoms with van der Waals surface area (Å²) in [5, 5.41) is 0. The number of benzene rings is 1. The van der Waals surface area contributed by atoms with Crippen molar-refractivity contribution in [2.45, 2.75) is 25.3 Å². The molecule has 4 rings (SSSR count). The lowest BCUT2D eigenvalue weighted by molar-refractivity contribution is 0.138. The Morgan fingerprint density at radius 3 is 2.81 bits per heavy atom. The van der Waals surface area contributed by atoms with E-state index in [0.29, 0.717) is 36.7 Å². The van der Waals surface area contributed by atoms with Crippen molar-refractivity contribution in [2.75, 3.05) is 13.2 Å². The van der Waals surface area contributed by atoms with Crippen LogP contribution in [-0.4, -0.2) is 49.7 Å². The van der Waals surface area contributed by atoms with Crippen LogP contribution < -0.4 is 15.0 Å². The lowest BCUT2D eigenvalue weighted by Gasteiger charge is -2.24. The summed E-state index contributed by atoms with van der Waals surface area (Å²) in [6, 6.07) is 12.3. The zero-order valence-corrected chi connectivity index (χ0v) is 17.2. The number of rotatable bonds is 6. The highest BCUT2D eigenvalue weighted by Gasteiger charge is 2.30. The summed E-state index contributed by atoms with van der Waals surface area (Å²) < 4.78 is 12.6. The second-order valence-corrected chi connectivity index (χ2v) is 7.22. The van der Waals surface area contributed by atoms with Gasteiger partial charge in [0.25, 0.3) is 11.6 Å².